The number of aliphatic hydroxyl groups is 1. The average molecular weight is 244 g/mol. The van der Waals surface area contributed by atoms with Crippen molar-refractivity contribution < 1.29 is 5.11 Å². The molecule has 0 aliphatic rings. The summed E-state index contributed by atoms with van der Waals surface area (Å²) in [5.74, 6) is 1.23. The van der Waals surface area contributed by atoms with E-state index in [9.17, 15) is 5.11 Å². The van der Waals surface area contributed by atoms with Crippen molar-refractivity contribution in [3.8, 4) is 0 Å². The minimum absolute atomic E-state index is 0.407. The van der Waals surface area contributed by atoms with Gasteiger partial charge in [0.05, 0.1) is 6.10 Å². The smallest absolute Gasteiger partial charge is 0.224 e. The molecule has 0 aliphatic carbocycles. The topological polar surface area (TPSA) is 70.1 Å². The molecule has 0 aliphatic heterocycles. The van der Waals surface area contributed by atoms with Crippen LogP contribution in [0.4, 0.5) is 11.8 Å². The van der Waals surface area contributed by atoms with Crippen LogP contribution in [0.15, 0.2) is 42.6 Å². The van der Waals surface area contributed by atoms with E-state index in [0.717, 1.165) is 5.56 Å². The molecule has 2 rings (SSSR count). The van der Waals surface area contributed by atoms with Gasteiger partial charge in [-0.2, -0.15) is 4.98 Å². The van der Waals surface area contributed by atoms with E-state index in [2.05, 4.69) is 20.6 Å². The first-order valence-electron chi connectivity index (χ1n) is 5.77. The molecule has 5 heteroatoms. The third-order valence-corrected chi connectivity index (χ3v) is 2.54. The Morgan fingerprint density at radius 3 is 2.72 bits per heavy atom. The van der Waals surface area contributed by atoms with E-state index in [1.807, 2.05) is 30.3 Å². The molecule has 3 N–H and O–H groups in total. The quantitative estimate of drug-likeness (QED) is 0.746. The van der Waals surface area contributed by atoms with Gasteiger partial charge >= 0.3 is 0 Å². The second-order valence-electron chi connectivity index (χ2n) is 3.82. The maximum absolute atomic E-state index is 9.99. The largest absolute Gasteiger partial charge is 0.387 e. The number of nitrogens with one attached hydrogen (secondary N) is 2. The van der Waals surface area contributed by atoms with Gasteiger partial charge in [0.1, 0.15) is 5.82 Å². The molecule has 1 aromatic heterocycles. The van der Waals surface area contributed by atoms with Crippen LogP contribution in [-0.4, -0.2) is 28.7 Å². The van der Waals surface area contributed by atoms with Crippen LogP contribution in [0.2, 0.25) is 0 Å². The molecule has 1 unspecified atom stereocenters. The van der Waals surface area contributed by atoms with E-state index in [-0.39, 0.29) is 0 Å². The highest BCUT2D eigenvalue weighted by atomic mass is 16.3. The normalized spacial score (nSPS) is 11.9. The van der Waals surface area contributed by atoms with Gasteiger partial charge in [-0.05, 0) is 11.6 Å². The second-order valence-corrected chi connectivity index (χ2v) is 3.82. The fourth-order valence-corrected chi connectivity index (χ4v) is 1.57. The van der Waals surface area contributed by atoms with Crippen molar-refractivity contribution in [3.63, 3.8) is 0 Å². The first kappa shape index (κ1) is 12.3. The molecule has 0 saturated heterocycles. The van der Waals surface area contributed by atoms with E-state index in [1.54, 1.807) is 19.3 Å². The number of aliphatic hydroxyl groups excluding tert-OH is 1. The van der Waals surface area contributed by atoms with E-state index in [0.29, 0.717) is 18.3 Å². The Morgan fingerprint density at radius 1 is 1.22 bits per heavy atom. The van der Waals surface area contributed by atoms with Crippen LogP contribution in [0.1, 0.15) is 11.7 Å². The van der Waals surface area contributed by atoms with Crippen molar-refractivity contribution in [2.24, 2.45) is 0 Å². The number of hydrogen-bond donors (Lipinski definition) is 3. The fraction of sp³-hybridized carbons (Fsp3) is 0.231. The van der Waals surface area contributed by atoms with Crippen LogP contribution in [0.25, 0.3) is 0 Å². The van der Waals surface area contributed by atoms with E-state index < -0.39 is 6.10 Å². The zero-order valence-corrected chi connectivity index (χ0v) is 10.2. The molecule has 0 saturated carbocycles. The van der Waals surface area contributed by atoms with Gasteiger partial charge < -0.3 is 15.7 Å². The maximum Gasteiger partial charge on any atom is 0.224 e. The Morgan fingerprint density at radius 2 is 2.00 bits per heavy atom. The van der Waals surface area contributed by atoms with E-state index in [1.165, 1.54) is 0 Å². The second kappa shape index (κ2) is 5.97. The van der Waals surface area contributed by atoms with Gasteiger partial charge in [-0.3, -0.25) is 0 Å². The average Bonchev–Trinajstić information content (AvgIpc) is 2.46. The molecule has 0 radical (unpaired) electrons. The summed E-state index contributed by atoms with van der Waals surface area (Å²) in [5.41, 5.74) is 0.882. The predicted molar refractivity (Wildman–Crippen MR) is 71.5 cm³/mol. The lowest BCUT2D eigenvalue weighted by atomic mass is 10.1. The molecule has 0 bridgehead atoms. The first-order valence-corrected chi connectivity index (χ1v) is 5.77. The van der Waals surface area contributed by atoms with Gasteiger partial charge in [0.15, 0.2) is 0 Å². The lowest BCUT2D eigenvalue weighted by molar-refractivity contribution is 0.191. The highest BCUT2D eigenvalue weighted by Crippen LogP contribution is 2.13. The lowest BCUT2D eigenvalue weighted by Gasteiger charge is -2.12. The maximum atomic E-state index is 9.99. The monoisotopic (exact) mass is 244 g/mol. The SMILES string of the molecule is CNc1nccc(NCC(O)c2ccccc2)n1. The van der Waals surface area contributed by atoms with Crippen molar-refractivity contribution in [2.45, 2.75) is 6.10 Å². The Bertz CT molecular complexity index is 489. The van der Waals surface area contributed by atoms with Crippen LogP contribution >= 0.6 is 0 Å². The molecule has 0 amide bonds. The summed E-state index contributed by atoms with van der Waals surface area (Å²) in [7, 11) is 1.76. The molecule has 0 spiro atoms. The molecule has 18 heavy (non-hydrogen) atoms. The number of anilines is 2. The Hall–Kier alpha value is -2.14. The fourth-order valence-electron chi connectivity index (χ4n) is 1.57. The molecule has 1 heterocycles. The molecule has 2 aromatic rings. The van der Waals surface area contributed by atoms with Crippen LogP contribution in [0, 0.1) is 0 Å². The Kier molecular flexibility index (Phi) is 4.09. The lowest BCUT2D eigenvalue weighted by Crippen LogP contribution is -2.13. The number of aromatic nitrogens is 2. The molecular formula is C13H16N4O. The standard InChI is InChI=1S/C13H16N4O/c1-14-13-15-8-7-12(17-13)16-9-11(18)10-5-3-2-4-6-10/h2-8,11,18H,9H2,1H3,(H2,14,15,16,17). The molecule has 94 valence electrons. The highest BCUT2D eigenvalue weighted by Gasteiger charge is 2.06. The van der Waals surface area contributed by atoms with Gasteiger partial charge in [-0.25, -0.2) is 4.98 Å². The van der Waals surface area contributed by atoms with E-state index in [4.69, 9.17) is 0 Å². The van der Waals surface area contributed by atoms with Gasteiger partial charge in [0.2, 0.25) is 5.95 Å². The molecule has 1 atom stereocenters. The minimum atomic E-state index is -0.556. The molecule has 0 fully saturated rings. The zero-order chi connectivity index (χ0) is 12.8. The third-order valence-electron chi connectivity index (χ3n) is 2.54. The van der Waals surface area contributed by atoms with Gasteiger partial charge in [0.25, 0.3) is 0 Å². The predicted octanol–water partition coefficient (Wildman–Crippen LogP) is 1.66. The number of benzene rings is 1. The van der Waals surface area contributed by atoms with Crippen molar-refractivity contribution in [1.82, 2.24) is 9.97 Å². The van der Waals surface area contributed by atoms with E-state index >= 15 is 0 Å². The zero-order valence-electron chi connectivity index (χ0n) is 10.2. The van der Waals surface area contributed by atoms with Gasteiger partial charge in [0, 0.05) is 19.8 Å². The summed E-state index contributed by atoms with van der Waals surface area (Å²) in [6, 6.07) is 11.3. The first-order chi connectivity index (χ1) is 8.79. The Balaban J connectivity index is 1.95. The van der Waals surface area contributed by atoms with Crippen LogP contribution < -0.4 is 10.6 Å². The molecule has 1 aromatic carbocycles. The van der Waals surface area contributed by atoms with Crippen molar-refractivity contribution in [3.05, 3.63) is 48.2 Å². The highest BCUT2D eigenvalue weighted by molar-refractivity contribution is 5.39. The number of nitrogens with zero attached hydrogens (tertiary/aromatic N) is 2. The summed E-state index contributed by atoms with van der Waals surface area (Å²) in [6.07, 6.45) is 1.11. The number of hydrogen-bond acceptors (Lipinski definition) is 5. The molecule has 5 nitrogen and oxygen atoms in total. The molecular weight excluding hydrogens is 228 g/mol. The van der Waals surface area contributed by atoms with Crippen LogP contribution in [-0.2, 0) is 0 Å². The number of rotatable bonds is 5. The van der Waals surface area contributed by atoms with Crippen LogP contribution in [0.3, 0.4) is 0 Å². The summed E-state index contributed by atoms with van der Waals surface area (Å²) in [5, 5.41) is 15.9. The van der Waals surface area contributed by atoms with Crippen LogP contribution in [0.5, 0.6) is 0 Å². The summed E-state index contributed by atoms with van der Waals surface area (Å²) >= 11 is 0. The summed E-state index contributed by atoms with van der Waals surface area (Å²) < 4.78 is 0. The van der Waals surface area contributed by atoms with Gasteiger partial charge in [-0.1, -0.05) is 30.3 Å². The third kappa shape index (κ3) is 3.18. The Labute approximate surface area is 106 Å². The van der Waals surface area contributed by atoms with Crippen molar-refractivity contribution in [1.29, 1.82) is 0 Å². The van der Waals surface area contributed by atoms with Crippen molar-refractivity contribution in [2.75, 3.05) is 24.2 Å². The van der Waals surface area contributed by atoms with Crippen molar-refractivity contribution >= 4 is 11.8 Å². The summed E-state index contributed by atoms with van der Waals surface area (Å²) in [4.78, 5) is 8.23. The van der Waals surface area contributed by atoms with Gasteiger partial charge in [-0.15, -0.1) is 0 Å². The summed E-state index contributed by atoms with van der Waals surface area (Å²) in [6.45, 7) is 0.407. The minimum Gasteiger partial charge on any atom is -0.387 e.